The quantitative estimate of drug-likeness (QED) is 0.110. The van der Waals surface area contributed by atoms with E-state index in [-0.39, 0.29) is 30.5 Å². The molecule has 6 atom stereocenters. The highest BCUT2D eigenvalue weighted by atomic mass is 32.2. The van der Waals surface area contributed by atoms with E-state index >= 15 is 0 Å². The first-order chi connectivity index (χ1) is 13.0. The maximum atomic E-state index is 10.8. The van der Waals surface area contributed by atoms with Crippen molar-refractivity contribution in [1.29, 1.82) is 0 Å². The molecule has 10 N–H and O–H groups in total. The van der Waals surface area contributed by atoms with Gasteiger partial charge < -0.3 is 36.0 Å². The molecule has 0 saturated carbocycles. The molecule has 0 radical (unpaired) electrons. The van der Waals surface area contributed by atoms with Crippen molar-refractivity contribution in [3.05, 3.63) is 11.5 Å². The van der Waals surface area contributed by atoms with Gasteiger partial charge in [-0.15, -0.1) is 0 Å². The Balaban J connectivity index is 2.70. The van der Waals surface area contributed by atoms with Crippen molar-refractivity contribution < 1.29 is 43.6 Å². The Morgan fingerprint density at radius 1 is 1.18 bits per heavy atom. The number of hydrogen-bond acceptors (Lipinski definition) is 11. The number of unbranched alkanes of at least 4 members (excludes halogenated alkanes) is 1. The van der Waals surface area contributed by atoms with Gasteiger partial charge in [0, 0.05) is 12.1 Å². The topological polar surface area (TPSA) is 212 Å². The molecule has 12 nitrogen and oxygen atoms in total. The fourth-order valence-electron chi connectivity index (χ4n) is 2.94. The Morgan fingerprint density at radius 3 is 2.39 bits per heavy atom. The number of aliphatic hydroxyl groups is 6. The van der Waals surface area contributed by atoms with Crippen molar-refractivity contribution >= 4 is 10.1 Å². The SMILES string of the molecule is CC(CCCCS(=O)(=O)O)C1=C(O)NC(O)NC1NC[C@H](O)[C@H](O)[C@H](O)CO. The van der Waals surface area contributed by atoms with Crippen molar-refractivity contribution in [3.63, 3.8) is 0 Å². The standard InChI is InChI=1S/C15H31N3O9S/c1-8(4-2-3-5-28(25,26)27)11-13(17-15(24)18-14(11)23)16-6-9(20)12(22)10(21)7-19/h8-10,12-13,15-24H,2-7H2,1H3,(H,25,26,27)/t8?,9-,10+,12-,13?,15?/m0/s1. The van der Waals surface area contributed by atoms with Crippen LogP contribution in [-0.4, -0.2) is 93.3 Å². The van der Waals surface area contributed by atoms with Gasteiger partial charge in [-0.2, -0.15) is 8.42 Å². The molecule has 0 aliphatic carbocycles. The zero-order valence-electron chi connectivity index (χ0n) is 15.6. The minimum atomic E-state index is -4.03. The van der Waals surface area contributed by atoms with E-state index in [1.165, 1.54) is 0 Å². The van der Waals surface area contributed by atoms with E-state index in [2.05, 4.69) is 16.0 Å². The van der Waals surface area contributed by atoms with Crippen LogP contribution in [0.3, 0.4) is 0 Å². The fraction of sp³-hybridized carbons (Fsp3) is 0.867. The van der Waals surface area contributed by atoms with E-state index in [0.717, 1.165) is 0 Å². The third-order valence-electron chi connectivity index (χ3n) is 4.51. The lowest BCUT2D eigenvalue weighted by Crippen LogP contribution is -2.60. The average molecular weight is 429 g/mol. The lowest BCUT2D eigenvalue weighted by atomic mass is 9.92. The highest BCUT2D eigenvalue weighted by Crippen LogP contribution is 2.24. The van der Waals surface area contributed by atoms with Gasteiger partial charge in [-0.3, -0.25) is 15.2 Å². The van der Waals surface area contributed by atoms with Crippen LogP contribution in [0.5, 0.6) is 0 Å². The third-order valence-corrected chi connectivity index (χ3v) is 5.31. The summed E-state index contributed by atoms with van der Waals surface area (Å²) in [4.78, 5) is 0. The second-order valence-electron chi connectivity index (χ2n) is 6.85. The number of hydrogen-bond donors (Lipinski definition) is 10. The largest absolute Gasteiger partial charge is 0.495 e. The van der Waals surface area contributed by atoms with Crippen molar-refractivity contribution in [1.82, 2.24) is 16.0 Å². The third kappa shape index (κ3) is 8.14. The zero-order chi connectivity index (χ0) is 21.5. The molecular weight excluding hydrogens is 398 g/mol. The summed E-state index contributed by atoms with van der Waals surface area (Å²) in [5.41, 5.74) is 0.418. The van der Waals surface area contributed by atoms with Crippen LogP contribution in [0.15, 0.2) is 11.5 Å². The summed E-state index contributed by atoms with van der Waals surface area (Å²) >= 11 is 0. The lowest BCUT2D eigenvalue weighted by molar-refractivity contribution is -0.0761. The summed E-state index contributed by atoms with van der Waals surface area (Å²) < 4.78 is 30.3. The molecule has 1 heterocycles. The van der Waals surface area contributed by atoms with Crippen LogP contribution < -0.4 is 16.0 Å². The van der Waals surface area contributed by atoms with Gasteiger partial charge in [0.05, 0.1) is 24.6 Å². The molecule has 3 unspecified atom stereocenters. The van der Waals surface area contributed by atoms with Gasteiger partial charge in [-0.05, 0) is 18.8 Å². The molecule has 1 aliphatic rings. The van der Waals surface area contributed by atoms with Crippen molar-refractivity contribution in [3.8, 4) is 0 Å². The summed E-state index contributed by atoms with van der Waals surface area (Å²) in [7, 11) is -4.03. The average Bonchev–Trinajstić information content (AvgIpc) is 2.60. The molecule has 0 aromatic carbocycles. The van der Waals surface area contributed by atoms with Crippen LogP contribution >= 0.6 is 0 Å². The van der Waals surface area contributed by atoms with Crippen LogP contribution in [0.2, 0.25) is 0 Å². The van der Waals surface area contributed by atoms with E-state index in [4.69, 9.17) is 9.66 Å². The van der Waals surface area contributed by atoms with E-state index in [1.807, 2.05) is 0 Å². The van der Waals surface area contributed by atoms with Gasteiger partial charge in [0.15, 0.2) is 12.2 Å². The molecule has 166 valence electrons. The van der Waals surface area contributed by atoms with E-state index in [9.17, 15) is 34.0 Å². The first-order valence-electron chi connectivity index (χ1n) is 8.93. The Labute approximate surface area is 163 Å². The molecule has 0 fully saturated rings. The van der Waals surface area contributed by atoms with Gasteiger partial charge in [-0.1, -0.05) is 13.3 Å². The van der Waals surface area contributed by atoms with Crippen molar-refractivity contribution in [2.75, 3.05) is 18.9 Å². The predicted molar refractivity (Wildman–Crippen MR) is 98.3 cm³/mol. The number of nitrogens with one attached hydrogen (secondary N) is 3. The Morgan fingerprint density at radius 2 is 1.82 bits per heavy atom. The summed E-state index contributed by atoms with van der Waals surface area (Å²) in [5, 5.41) is 65.6. The second kappa shape index (κ2) is 11.2. The summed E-state index contributed by atoms with van der Waals surface area (Å²) in [5.74, 6) is -0.910. The molecule has 0 bridgehead atoms. The number of aliphatic hydroxyl groups excluding tert-OH is 6. The van der Waals surface area contributed by atoms with E-state index in [1.54, 1.807) is 6.92 Å². The van der Waals surface area contributed by atoms with Gasteiger partial charge >= 0.3 is 0 Å². The van der Waals surface area contributed by atoms with Crippen LogP contribution in [-0.2, 0) is 10.1 Å². The Bertz CT molecular complexity index is 616. The van der Waals surface area contributed by atoms with Crippen LogP contribution in [0, 0.1) is 5.92 Å². The van der Waals surface area contributed by atoms with E-state index < -0.39 is 47.6 Å². The van der Waals surface area contributed by atoms with Crippen LogP contribution in [0.25, 0.3) is 0 Å². The molecule has 0 amide bonds. The van der Waals surface area contributed by atoms with Crippen molar-refractivity contribution in [2.24, 2.45) is 5.92 Å². The Kier molecular flexibility index (Phi) is 10.0. The Hall–Kier alpha value is -1.03. The van der Waals surface area contributed by atoms with Gasteiger partial charge in [-0.25, -0.2) is 0 Å². The molecule has 13 heteroatoms. The second-order valence-corrected chi connectivity index (χ2v) is 8.42. The van der Waals surface area contributed by atoms with E-state index in [0.29, 0.717) is 18.4 Å². The minimum Gasteiger partial charge on any atom is -0.495 e. The summed E-state index contributed by atoms with van der Waals surface area (Å²) in [6.45, 7) is 0.819. The first-order valence-corrected chi connectivity index (χ1v) is 10.5. The first kappa shape index (κ1) is 25.0. The minimum absolute atomic E-state index is 0.227. The molecule has 0 spiro atoms. The lowest BCUT2D eigenvalue weighted by Gasteiger charge is -2.36. The molecule has 0 aromatic rings. The van der Waals surface area contributed by atoms with Gasteiger partial charge in [0.25, 0.3) is 10.1 Å². The monoisotopic (exact) mass is 429 g/mol. The maximum Gasteiger partial charge on any atom is 0.264 e. The molecule has 1 rings (SSSR count). The van der Waals surface area contributed by atoms with Gasteiger partial charge in [0.2, 0.25) is 0 Å². The smallest absolute Gasteiger partial charge is 0.264 e. The summed E-state index contributed by atoms with van der Waals surface area (Å²) in [6, 6.07) is 0. The molecule has 28 heavy (non-hydrogen) atoms. The highest BCUT2D eigenvalue weighted by Gasteiger charge is 2.32. The molecular formula is C15H31N3O9S. The maximum absolute atomic E-state index is 10.8. The molecule has 1 aliphatic heterocycles. The molecule has 0 saturated heterocycles. The number of rotatable bonds is 12. The van der Waals surface area contributed by atoms with Crippen LogP contribution in [0.1, 0.15) is 26.2 Å². The van der Waals surface area contributed by atoms with Crippen molar-refractivity contribution in [2.45, 2.75) is 57.0 Å². The van der Waals surface area contributed by atoms with Crippen LogP contribution in [0.4, 0.5) is 0 Å². The zero-order valence-corrected chi connectivity index (χ0v) is 16.4. The normalized spacial score (nSPS) is 25.1. The summed E-state index contributed by atoms with van der Waals surface area (Å²) in [6.07, 6.45) is -5.44. The highest BCUT2D eigenvalue weighted by molar-refractivity contribution is 7.85. The predicted octanol–water partition coefficient (Wildman–Crippen LogP) is -3.09. The fourth-order valence-corrected chi connectivity index (χ4v) is 3.51. The molecule has 0 aromatic heterocycles. The van der Waals surface area contributed by atoms with Gasteiger partial charge in [0.1, 0.15) is 12.2 Å².